The SMILES string of the molecule is c1ccc(-c2cc(-c3ccccc3)cc(N(c3ccc4c(c3)-c3cc(N(c5ccccc5)c5ccccc5)ccc3[Si]4(c3ccccc3)c3cccc(-c4cccnc4)c3)c3ccc4c(c3)oc3ccccc34)c2)cc1. The molecule has 1 atom stereocenters. The Balaban J connectivity index is 1.06. The van der Waals surface area contributed by atoms with Gasteiger partial charge >= 0.3 is 0 Å². The van der Waals surface area contributed by atoms with Gasteiger partial charge < -0.3 is 14.2 Å². The van der Waals surface area contributed by atoms with Gasteiger partial charge in [0.05, 0.1) is 0 Å². The normalized spacial score (nSPS) is 13.6. The van der Waals surface area contributed by atoms with E-state index in [1.165, 1.54) is 31.9 Å². The van der Waals surface area contributed by atoms with Crippen molar-refractivity contribution in [3.05, 3.63) is 298 Å². The summed E-state index contributed by atoms with van der Waals surface area (Å²) in [7, 11) is -3.06. The van der Waals surface area contributed by atoms with Crippen LogP contribution < -0.4 is 30.5 Å². The monoisotopic (exact) mass is 987 g/mol. The largest absolute Gasteiger partial charge is 0.456 e. The van der Waals surface area contributed by atoms with E-state index in [9.17, 15) is 0 Å². The predicted molar refractivity (Wildman–Crippen MR) is 320 cm³/mol. The molecule has 0 saturated carbocycles. The number of benzene rings is 11. The van der Waals surface area contributed by atoms with Crippen molar-refractivity contribution in [3.8, 4) is 44.5 Å². The van der Waals surface area contributed by atoms with E-state index in [0.717, 1.165) is 89.4 Å². The molecule has 76 heavy (non-hydrogen) atoms. The fraction of sp³-hybridized carbons (Fsp3) is 0. The summed E-state index contributed by atoms with van der Waals surface area (Å²) in [6.07, 6.45) is 3.82. The van der Waals surface area contributed by atoms with Gasteiger partial charge in [-0.15, -0.1) is 0 Å². The summed E-state index contributed by atoms with van der Waals surface area (Å²) in [4.78, 5) is 9.37. The third-order valence-electron chi connectivity index (χ3n) is 15.2. The first-order chi connectivity index (χ1) is 37.7. The van der Waals surface area contributed by atoms with Gasteiger partial charge in [0.2, 0.25) is 0 Å². The summed E-state index contributed by atoms with van der Waals surface area (Å²) in [5, 5.41) is 7.54. The van der Waals surface area contributed by atoms with Gasteiger partial charge in [-0.3, -0.25) is 4.98 Å². The van der Waals surface area contributed by atoms with Crippen LogP contribution in [0.15, 0.2) is 302 Å². The Kier molecular flexibility index (Phi) is 11.2. The third-order valence-corrected chi connectivity index (χ3v) is 20.0. The van der Waals surface area contributed by atoms with Crippen LogP contribution in [-0.2, 0) is 0 Å². The minimum Gasteiger partial charge on any atom is -0.456 e. The average Bonchev–Trinajstić information content (AvgIpc) is 4.21. The zero-order chi connectivity index (χ0) is 50.4. The molecule has 1 aliphatic rings. The molecular weight excluding hydrogens is 939 g/mol. The number of nitrogens with zero attached hydrogens (tertiary/aromatic N) is 3. The highest BCUT2D eigenvalue weighted by molar-refractivity contribution is 7.22. The molecule has 11 aromatic carbocycles. The number of furan rings is 1. The molecular formula is C71H49N3OSi. The van der Waals surface area contributed by atoms with Crippen LogP contribution in [0.5, 0.6) is 0 Å². The van der Waals surface area contributed by atoms with E-state index in [2.05, 4.69) is 288 Å². The number of aromatic nitrogens is 1. The minimum atomic E-state index is -3.06. The average molecular weight is 988 g/mol. The number of hydrogen-bond donors (Lipinski definition) is 0. The Morgan fingerprint density at radius 3 is 1.38 bits per heavy atom. The van der Waals surface area contributed by atoms with Gasteiger partial charge in [0.1, 0.15) is 11.2 Å². The molecule has 0 radical (unpaired) electrons. The van der Waals surface area contributed by atoms with Crippen LogP contribution >= 0.6 is 0 Å². The molecule has 13 aromatic rings. The molecule has 0 amide bonds. The highest BCUT2D eigenvalue weighted by Crippen LogP contribution is 2.45. The summed E-state index contributed by atoms with van der Waals surface area (Å²) >= 11 is 0. The number of anilines is 6. The van der Waals surface area contributed by atoms with Crippen molar-refractivity contribution in [2.75, 3.05) is 9.80 Å². The van der Waals surface area contributed by atoms with Crippen molar-refractivity contribution in [3.63, 3.8) is 0 Å². The van der Waals surface area contributed by atoms with Crippen molar-refractivity contribution in [2.45, 2.75) is 0 Å². The van der Waals surface area contributed by atoms with Gasteiger partial charge in [-0.05, 0) is 156 Å². The van der Waals surface area contributed by atoms with E-state index >= 15 is 0 Å². The minimum absolute atomic E-state index is 0.841. The molecule has 0 saturated heterocycles. The molecule has 2 aromatic heterocycles. The molecule has 14 rings (SSSR count). The van der Waals surface area contributed by atoms with Gasteiger partial charge in [0.25, 0.3) is 0 Å². The topological polar surface area (TPSA) is 32.5 Å². The van der Waals surface area contributed by atoms with E-state index in [4.69, 9.17) is 4.42 Å². The lowest BCUT2D eigenvalue weighted by atomic mass is 9.97. The van der Waals surface area contributed by atoms with Crippen molar-refractivity contribution < 1.29 is 4.42 Å². The zero-order valence-electron chi connectivity index (χ0n) is 41.5. The number of para-hydroxylation sites is 3. The van der Waals surface area contributed by atoms with Gasteiger partial charge in [-0.2, -0.15) is 0 Å². The predicted octanol–water partition coefficient (Wildman–Crippen LogP) is 16.3. The van der Waals surface area contributed by atoms with Gasteiger partial charge in [0, 0.05) is 63.4 Å². The lowest BCUT2D eigenvalue weighted by Crippen LogP contribution is -2.72. The molecule has 5 heteroatoms. The first-order valence-corrected chi connectivity index (χ1v) is 27.9. The quantitative estimate of drug-likeness (QED) is 0.121. The van der Waals surface area contributed by atoms with E-state index in [1.807, 2.05) is 24.5 Å². The Bertz CT molecular complexity index is 4130. The van der Waals surface area contributed by atoms with E-state index in [-0.39, 0.29) is 0 Å². The van der Waals surface area contributed by atoms with Gasteiger partial charge in [-0.25, -0.2) is 0 Å². The second-order valence-electron chi connectivity index (χ2n) is 19.5. The lowest BCUT2D eigenvalue weighted by Gasteiger charge is -2.32. The molecule has 0 N–H and O–H groups in total. The molecule has 0 spiro atoms. The van der Waals surface area contributed by atoms with E-state index in [1.54, 1.807) is 0 Å². The van der Waals surface area contributed by atoms with Crippen LogP contribution in [0.1, 0.15) is 0 Å². The van der Waals surface area contributed by atoms with Crippen LogP contribution in [0, 0.1) is 0 Å². The molecule has 1 unspecified atom stereocenters. The smallest absolute Gasteiger partial charge is 0.180 e. The Morgan fingerprint density at radius 1 is 0.289 bits per heavy atom. The summed E-state index contributed by atoms with van der Waals surface area (Å²) in [6.45, 7) is 0. The molecule has 4 nitrogen and oxygen atoms in total. The third kappa shape index (κ3) is 7.72. The van der Waals surface area contributed by atoms with Crippen molar-refractivity contribution >= 4 is 84.9 Å². The Hall–Kier alpha value is -9.81. The first-order valence-electron chi connectivity index (χ1n) is 25.9. The van der Waals surface area contributed by atoms with Crippen LogP contribution in [0.25, 0.3) is 66.4 Å². The van der Waals surface area contributed by atoms with Crippen LogP contribution in [-0.4, -0.2) is 13.1 Å². The molecule has 0 fully saturated rings. The fourth-order valence-electron chi connectivity index (χ4n) is 11.8. The second kappa shape index (κ2) is 18.9. The van der Waals surface area contributed by atoms with E-state index in [0.29, 0.717) is 0 Å². The molecule has 358 valence electrons. The Labute approximate surface area is 443 Å². The fourth-order valence-corrected chi connectivity index (χ4v) is 16.9. The van der Waals surface area contributed by atoms with Crippen molar-refractivity contribution in [2.24, 2.45) is 0 Å². The zero-order valence-corrected chi connectivity index (χ0v) is 42.5. The van der Waals surface area contributed by atoms with E-state index < -0.39 is 8.07 Å². The Morgan fingerprint density at radius 2 is 0.776 bits per heavy atom. The summed E-state index contributed by atoms with van der Waals surface area (Å²) in [5.41, 5.74) is 17.3. The number of rotatable bonds is 11. The van der Waals surface area contributed by atoms with Crippen LogP contribution in [0.3, 0.4) is 0 Å². The molecule has 1 aliphatic heterocycles. The van der Waals surface area contributed by atoms with Crippen LogP contribution in [0.4, 0.5) is 34.1 Å². The molecule has 3 heterocycles. The van der Waals surface area contributed by atoms with Crippen molar-refractivity contribution in [1.29, 1.82) is 0 Å². The standard InChI is InChI=1S/C71H49N3OSi/c1-6-20-50(21-7-1)54-42-55(51-22-8-2-9-23-51)44-61(43-54)74(60-35-38-65-64-33-16-17-34-68(64)75-69(65)48-60)59-37-40-71-67(47-59)66-46-58(73(56-26-10-3-11-27-56)57-28-12-4-13-29-57)36-39-70(66)76(71,62-30-14-5-15-31-62)63-32-18-24-52(45-63)53-25-19-41-72-49-53/h1-49H. The molecule has 0 aliphatic carbocycles. The maximum absolute atomic E-state index is 6.67. The lowest BCUT2D eigenvalue weighted by molar-refractivity contribution is 0.669. The number of hydrogen-bond acceptors (Lipinski definition) is 4. The maximum atomic E-state index is 6.67. The van der Waals surface area contributed by atoms with Crippen LogP contribution in [0.2, 0.25) is 0 Å². The first kappa shape index (κ1) is 44.9. The van der Waals surface area contributed by atoms with Gasteiger partial charge in [0.15, 0.2) is 8.07 Å². The van der Waals surface area contributed by atoms with Gasteiger partial charge in [-0.1, -0.05) is 188 Å². The summed E-state index contributed by atoms with van der Waals surface area (Å²) in [6, 6.07) is 104. The van der Waals surface area contributed by atoms with Crippen molar-refractivity contribution in [1.82, 2.24) is 4.98 Å². The molecule has 0 bridgehead atoms. The number of pyridine rings is 1. The summed E-state index contributed by atoms with van der Waals surface area (Å²) < 4.78 is 6.67. The second-order valence-corrected chi connectivity index (χ2v) is 23.3. The number of fused-ring (bicyclic) bond motifs is 6. The maximum Gasteiger partial charge on any atom is 0.180 e. The highest BCUT2D eigenvalue weighted by Gasteiger charge is 2.49. The highest BCUT2D eigenvalue weighted by atomic mass is 28.3. The summed E-state index contributed by atoms with van der Waals surface area (Å²) in [5.74, 6) is 0.